The monoisotopic (exact) mass is 496 g/mol. The lowest BCUT2D eigenvalue weighted by Gasteiger charge is -2.19. The van der Waals surface area contributed by atoms with Gasteiger partial charge in [0.05, 0.1) is 24.7 Å². The number of nitrogens with two attached hydrogens (primary N) is 1. The smallest absolute Gasteiger partial charge is 0.242 e. The van der Waals surface area contributed by atoms with Gasteiger partial charge in [-0.15, -0.1) is 5.10 Å². The highest BCUT2D eigenvalue weighted by Crippen LogP contribution is 2.37. The number of aliphatic hydroxyl groups is 3. The Labute approximate surface area is 200 Å². The number of carbonyl (C=O) groups is 2. The largest absolute Gasteiger partial charge is 0.394 e. The van der Waals surface area contributed by atoms with Crippen LogP contribution in [0, 0.1) is 5.92 Å². The standard InChI is InChI=1S/C20H32N8O5S/c1-3-5-6-22-17-13-18(25-20(24-17)34-7-4-2)28(27-26-13)12-8-10(14(30)15(12)31)19(33)23-11(9-29)16(21)32/h10-12,14-15,29-31H,3-9H2,1-2H3,(H2,21,32)(H,23,33)(H,22,24,25)/t10-,11?,12+,14+,15-/m0/s1. The van der Waals surface area contributed by atoms with Gasteiger partial charge >= 0.3 is 0 Å². The lowest BCUT2D eigenvalue weighted by atomic mass is 10.0. The summed E-state index contributed by atoms with van der Waals surface area (Å²) in [6.45, 7) is 4.17. The Morgan fingerprint density at radius 2 is 2.00 bits per heavy atom. The van der Waals surface area contributed by atoms with Gasteiger partial charge in [0.25, 0.3) is 0 Å². The van der Waals surface area contributed by atoms with Crippen LogP contribution >= 0.6 is 11.8 Å². The number of thioether (sulfide) groups is 1. The number of fused-ring (bicyclic) bond motifs is 1. The van der Waals surface area contributed by atoms with Crippen molar-refractivity contribution in [3.8, 4) is 0 Å². The first-order valence-electron chi connectivity index (χ1n) is 11.4. The van der Waals surface area contributed by atoms with Crippen molar-refractivity contribution in [3.05, 3.63) is 0 Å². The molecule has 1 unspecified atom stereocenters. The molecule has 13 nitrogen and oxygen atoms in total. The summed E-state index contributed by atoms with van der Waals surface area (Å²) in [5, 5.41) is 45.0. The van der Waals surface area contributed by atoms with E-state index >= 15 is 0 Å². The van der Waals surface area contributed by atoms with Gasteiger partial charge in [-0.3, -0.25) is 9.59 Å². The lowest BCUT2D eigenvalue weighted by Crippen LogP contribution is -2.50. The predicted octanol–water partition coefficient (Wildman–Crippen LogP) is -0.819. The van der Waals surface area contributed by atoms with Gasteiger partial charge in [-0.05, 0) is 19.3 Å². The molecule has 2 aromatic rings. The van der Waals surface area contributed by atoms with Crippen LogP contribution in [0.15, 0.2) is 5.16 Å². The van der Waals surface area contributed by atoms with E-state index in [2.05, 4.69) is 44.8 Å². The van der Waals surface area contributed by atoms with Crippen LogP contribution in [0.4, 0.5) is 5.82 Å². The summed E-state index contributed by atoms with van der Waals surface area (Å²) in [4.78, 5) is 33.1. The molecule has 34 heavy (non-hydrogen) atoms. The van der Waals surface area contributed by atoms with Crippen molar-refractivity contribution in [2.24, 2.45) is 11.7 Å². The number of unbranched alkanes of at least 4 members (excludes halogenated alkanes) is 1. The van der Waals surface area contributed by atoms with Crippen molar-refractivity contribution in [2.75, 3.05) is 24.2 Å². The molecule has 1 aliphatic rings. The molecule has 0 radical (unpaired) electrons. The van der Waals surface area contributed by atoms with Gasteiger partial charge in [-0.1, -0.05) is 37.2 Å². The third kappa shape index (κ3) is 5.56. The van der Waals surface area contributed by atoms with Crippen LogP contribution in [0.3, 0.4) is 0 Å². The van der Waals surface area contributed by atoms with Crippen LogP contribution in [-0.4, -0.2) is 89.3 Å². The summed E-state index contributed by atoms with van der Waals surface area (Å²) in [6, 6.07) is -2.08. The van der Waals surface area contributed by atoms with Gasteiger partial charge in [-0.2, -0.15) is 0 Å². The predicted molar refractivity (Wildman–Crippen MR) is 125 cm³/mol. The van der Waals surface area contributed by atoms with E-state index < -0.39 is 48.6 Å². The number of nitrogens with one attached hydrogen (secondary N) is 2. The molecule has 14 heteroatoms. The highest BCUT2D eigenvalue weighted by Gasteiger charge is 2.47. The normalized spacial score (nSPS) is 23.2. The summed E-state index contributed by atoms with van der Waals surface area (Å²) in [7, 11) is 0. The number of amides is 2. The summed E-state index contributed by atoms with van der Waals surface area (Å²) >= 11 is 1.49. The van der Waals surface area contributed by atoms with Crippen molar-refractivity contribution in [1.82, 2.24) is 30.3 Å². The van der Waals surface area contributed by atoms with Gasteiger partial charge < -0.3 is 31.7 Å². The number of nitrogens with zero attached hydrogens (tertiary/aromatic N) is 5. The number of carbonyl (C=O) groups excluding carboxylic acids is 2. The summed E-state index contributed by atoms with van der Waals surface area (Å²) in [6.07, 6.45) is 0.153. The maximum absolute atomic E-state index is 12.6. The minimum absolute atomic E-state index is 0.0174. The average Bonchev–Trinajstić information content (AvgIpc) is 3.36. The minimum atomic E-state index is -1.42. The molecular formula is C20H32N8O5S. The average molecular weight is 497 g/mol. The second-order valence-corrected chi connectivity index (χ2v) is 9.29. The molecular weight excluding hydrogens is 464 g/mol. The van der Waals surface area contributed by atoms with E-state index in [1.807, 2.05) is 0 Å². The van der Waals surface area contributed by atoms with Crippen LogP contribution in [-0.2, 0) is 9.59 Å². The van der Waals surface area contributed by atoms with Crippen molar-refractivity contribution in [1.29, 1.82) is 0 Å². The molecule has 1 saturated carbocycles. The number of primary amides is 1. The number of anilines is 1. The van der Waals surface area contributed by atoms with Crippen LogP contribution in [0.25, 0.3) is 11.2 Å². The first kappa shape index (κ1) is 26.1. The molecule has 0 aliphatic heterocycles. The van der Waals surface area contributed by atoms with Crippen LogP contribution < -0.4 is 16.4 Å². The van der Waals surface area contributed by atoms with Gasteiger partial charge in [0.2, 0.25) is 11.8 Å². The quantitative estimate of drug-likeness (QED) is 0.122. The Kier molecular flexibility index (Phi) is 8.99. The SMILES string of the molecule is CCCCNc1nc(SCCC)nc2c1nnn2[C@@H]1C[C@H](C(=O)NC(CO)C(N)=O)[C@@H](O)[C@H]1O. The first-order chi connectivity index (χ1) is 16.3. The van der Waals surface area contributed by atoms with Gasteiger partial charge in [-0.25, -0.2) is 14.6 Å². The Morgan fingerprint density at radius 3 is 2.65 bits per heavy atom. The maximum Gasteiger partial charge on any atom is 0.242 e. The number of aliphatic hydroxyl groups excluding tert-OH is 3. The highest BCUT2D eigenvalue weighted by atomic mass is 32.2. The molecule has 2 amide bonds. The molecule has 3 rings (SSSR count). The third-order valence-corrected chi connectivity index (χ3v) is 6.76. The van der Waals surface area contributed by atoms with Crippen molar-refractivity contribution >= 4 is 40.6 Å². The van der Waals surface area contributed by atoms with Gasteiger partial charge in [0.15, 0.2) is 22.1 Å². The molecule has 0 aromatic carbocycles. The fourth-order valence-electron chi connectivity index (χ4n) is 3.80. The van der Waals surface area contributed by atoms with Gasteiger partial charge in [0, 0.05) is 12.3 Å². The van der Waals surface area contributed by atoms with Crippen molar-refractivity contribution in [2.45, 2.75) is 69.0 Å². The Bertz CT molecular complexity index is 1000. The summed E-state index contributed by atoms with van der Waals surface area (Å²) < 4.78 is 1.41. The molecule has 0 saturated heterocycles. The molecule has 1 fully saturated rings. The molecule has 0 bridgehead atoms. The zero-order valence-corrected chi connectivity index (χ0v) is 20.0. The fourth-order valence-corrected chi connectivity index (χ4v) is 4.49. The molecule has 7 N–H and O–H groups in total. The number of rotatable bonds is 12. The van der Waals surface area contributed by atoms with E-state index in [4.69, 9.17) is 5.73 Å². The Morgan fingerprint density at radius 1 is 1.24 bits per heavy atom. The Hall–Kier alpha value is -2.55. The van der Waals surface area contributed by atoms with Crippen LogP contribution in [0.5, 0.6) is 0 Å². The molecule has 1 aliphatic carbocycles. The Balaban J connectivity index is 1.90. The second-order valence-electron chi connectivity index (χ2n) is 8.23. The summed E-state index contributed by atoms with van der Waals surface area (Å²) in [5.41, 5.74) is 5.97. The zero-order chi connectivity index (χ0) is 24.8. The van der Waals surface area contributed by atoms with E-state index in [0.29, 0.717) is 28.7 Å². The van der Waals surface area contributed by atoms with Crippen LogP contribution in [0.2, 0.25) is 0 Å². The van der Waals surface area contributed by atoms with E-state index in [1.54, 1.807) is 0 Å². The highest BCUT2D eigenvalue weighted by molar-refractivity contribution is 7.99. The molecule has 0 spiro atoms. The van der Waals surface area contributed by atoms with E-state index in [1.165, 1.54) is 16.4 Å². The topological polar surface area (TPSA) is 201 Å². The molecule has 2 heterocycles. The molecule has 188 valence electrons. The van der Waals surface area contributed by atoms with E-state index in [9.17, 15) is 24.9 Å². The number of hydrogen-bond acceptors (Lipinski definition) is 11. The fraction of sp³-hybridized carbons (Fsp3) is 0.700. The first-order valence-corrected chi connectivity index (χ1v) is 12.4. The molecule has 2 aromatic heterocycles. The van der Waals surface area contributed by atoms with Crippen molar-refractivity contribution in [3.63, 3.8) is 0 Å². The maximum atomic E-state index is 12.6. The minimum Gasteiger partial charge on any atom is -0.394 e. The number of hydrogen-bond donors (Lipinski definition) is 6. The van der Waals surface area contributed by atoms with E-state index in [-0.39, 0.29) is 6.42 Å². The summed E-state index contributed by atoms with van der Waals surface area (Å²) in [5.74, 6) is -1.30. The zero-order valence-electron chi connectivity index (χ0n) is 19.2. The lowest BCUT2D eigenvalue weighted by molar-refractivity contribution is -0.133. The van der Waals surface area contributed by atoms with E-state index in [0.717, 1.165) is 25.0 Å². The molecule has 5 atom stereocenters. The van der Waals surface area contributed by atoms with Crippen molar-refractivity contribution < 1.29 is 24.9 Å². The number of aromatic nitrogens is 5. The second kappa shape index (κ2) is 11.7. The third-order valence-electron chi connectivity index (χ3n) is 5.71. The van der Waals surface area contributed by atoms with Crippen LogP contribution in [0.1, 0.15) is 45.6 Å². The van der Waals surface area contributed by atoms with Gasteiger partial charge in [0.1, 0.15) is 12.1 Å².